The molecule has 4 nitrogen and oxygen atoms in total. The molecule has 1 aliphatic carbocycles. The lowest BCUT2D eigenvalue weighted by atomic mass is 9.68. The van der Waals surface area contributed by atoms with Gasteiger partial charge in [0.15, 0.2) is 5.78 Å². The number of Topliss-reactive ketones (excluding diaryl/α,β-unsaturated/α-hetero) is 1. The third kappa shape index (κ3) is 5.81. The lowest BCUT2D eigenvalue weighted by Crippen LogP contribution is -2.42. The SMILES string of the molecule is Cc1cc(CSc2ccc(F)cc2)c(C)c(C2C(C#N)=C(N)N(c3ccccc3C(F)(F)F)C3=C2C(=O)CC(C)(C)C3)c1. The first-order valence-electron chi connectivity index (χ1n) is 13.8. The summed E-state index contributed by atoms with van der Waals surface area (Å²) in [5.74, 6) is -0.920. The maximum Gasteiger partial charge on any atom is 0.418 e. The van der Waals surface area contributed by atoms with Crippen LogP contribution in [-0.2, 0) is 16.7 Å². The van der Waals surface area contributed by atoms with Gasteiger partial charge in [0.25, 0.3) is 0 Å². The van der Waals surface area contributed by atoms with Gasteiger partial charge in [-0.15, -0.1) is 11.8 Å². The molecule has 2 N–H and O–H groups in total. The summed E-state index contributed by atoms with van der Waals surface area (Å²) in [4.78, 5) is 16.1. The number of carbonyl (C=O) groups is 1. The van der Waals surface area contributed by atoms with E-state index in [-0.39, 0.29) is 35.1 Å². The first-order chi connectivity index (χ1) is 20.2. The van der Waals surface area contributed by atoms with Crippen molar-refractivity contribution in [3.8, 4) is 6.07 Å². The third-order valence-corrected chi connectivity index (χ3v) is 9.11. The lowest BCUT2D eigenvalue weighted by molar-refractivity contribution is -0.137. The van der Waals surface area contributed by atoms with Crippen LogP contribution in [-0.4, -0.2) is 5.78 Å². The molecule has 0 bridgehead atoms. The van der Waals surface area contributed by atoms with Gasteiger partial charge in [-0.05, 0) is 78.8 Å². The Balaban J connectivity index is 1.70. The molecule has 1 aliphatic heterocycles. The van der Waals surface area contributed by atoms with Gasteiger partial charge < -0.3 is 5.73 Å². The fourth-order valence-electron chi connectivity index (χ4n) is 6.11. The molecule has 0 fully saturated rings. The highest BCUT2D eigenvalue weighted by atomic mass is 32.2. The van der Waals surface area contributed by atoms with E-state index >= 15 is 0 Å². The number of ketones is 1. The maximum absolute atomic E-state index is 14.2. The number of benzene rings is 3. The molecule has 5 rings (SSSR count). The number of para-hydroxylation sites is 1. The smallest absolute Gasteiger partial charge is 0.384 e. The summed E-state index contributed by atoms with van der Waals surface area (Å²) >= 11 is 1.53. The zero-order valence-corrected chi connectivity index (χ0v) is 25.1. The maximum atomic E-state index is 14.2. The molecule has 2 aliphatic rings. The number of hydrogen-bond donors (Lipinski definition) is 1. The molecular weight excluding hydrogens is 574 g/mol. The summed E-state index contributed by atoms with van der Waals surface area (Å²) in [7, 11) is 0. The van der Waals surface area contributed by atoms with Crippen molar-refractivity contribution >= 4 is 23.2 Å². The number of allylic oxidation sites excluding steroid dienone is 3. The first-order valence-corrected chi connectivity index (χ1v) is 14.8. The Bertz CT molecular complexity index is 1710. The van der Waals surface area contributed by atoms with E-state index in [1.165, 1.54) is 47.0 Å². The van der Waals surface area contributed by atoms with Crippen molar-refractivity contribution in [1.82, 2.24) is 0 Å². The van der Waals surface area contributed by atoms with Crippen LogP contribution in [0.25, 0.3) is 0 Å². The molecule has 43 heavy (non-hydrogen) atoms. The van der Waals surface area contributed by atoms with Gasteiger partial charge in [0.05, 0.1) is 28.8 Å². The van der Waals surface area contributed by atoms with E-state index in [2.05, 4.69) is 6.07 Å². The fraction of sp³-hybridized carbons (Fsp3) is 0.294. The average molecular weight is 606 g/mol. The van der Waals surface area contributed by atoms with Crippen LogP contribution in [0.4, 0.5) is 23.2 Å². The second kappa shape index (κ2) is 11.2. The predicted molar refractivity (Wildman–Crippen MR) is 160 cm³/mol. The summed E-state index contributed by atoms with van der Waals surface area (Å²) in [5, 5.41) is 10.5. The van der Waals surface area contributed by atoms with Crippen molar-refractivity contribution in [1.29, 1.82) is 5.26 Å². The minimum atomic E-state index is -4.68. The lowest BCUT2D eigenvalue weighted by Gasteiger charge is -2.44. The Morgan fingerprint density at radius 1 is 1.07 bits per heavy atom. The van der Waals surface area contributed by atoms with Gasteiger partial charge in [0.2, 0.25) is 0 Å². The topological polar surface area (TPSA) is 70.1 Å². The molecule has 1 unspecified atom stereocenters. The fourth-order valence-corrected chi connectivity index (χ4v) is 7.06. The second-order valence-corrected chi connectivity index (χ2v) is 12.9. The number of halogens is 4. The van der Waals surface area contributed by atoms with E-state index in [0.717, 1.165) is 33.2 Å². The normalized spacial score (nSPS) is 18.5. The molecule has 3 aromatic carbocycles. The van der Waals surface area contributed by atoms with E-state index in [0.29, 0.717) is 23.4 Å². The van der Waals surface area contributed by atoms with E-state index in [1.807, 2.05) is 39.8 Å². The zero-order valence-electron chi connectivity index (χ0n) is 24.3. The van der Waals surface area contributed by atoms with Crippen LogP contribution >= 0.6 is 11.8 Å². The minimum absolute atomic E-state index is 0.0367. The molecule has 9 heteroatoms. The molecule has 0 saturated heterocycles. The Hall–Kier alpha value is -4.03. The summed E-state index contributed by atoms with van der Waals surface area (Å²) in [6.45, 7) is 7.65. The van der Waals surface area contributed by atoms with Gasteiger partial charge in [-0.2, -0.15) is 18.4 Å². The molecule has 0 radical (unpaired) electrons. The Labute approximate surface area is 252 Å². The van der Waals surface area contributed by atoms with Crippen LogP contribution in [0.2, 0.25) is 0 Å². The Kier molecular flexibility index (Phi) is 7.95. The molecule has 0 spiro atoms. The predicted octanol–water partition coefficient (Wildman–Crippen LogP) is 8.69. The summed E-state index contributed by atoms with van der Waals surface area (Å²) in [6.07, 6.45) is -4.19. The van der Waals surface area contributed by atoms with Gasteiger partial charge in [-0.1, -0.05) is 43.7 Å². The highest BCUT2D eigenvalue weighted by molar-refractivity contribution is 7.98. The standard InChI is InChI=1S/C34H31F4N3OS/c1-19-13-21(18-43-23-11-9-22(35)10-12-23)20(2)24(14-19)30-25(17-39)32(40)41(27-8-6-5-7-26(27)34(36,37)38)28-15-33(3,4)16-29(42)31(28)30/h5-14,30H,15-16,18,40H2,1-4H3. The number of rotatable bonds is 5. The van der Waals surface area contributed by atoms with E-state index in [1.54, 1.807) is 12.1 Å². The molecule has 1 atom stereocenters. The van der Waals surface area contributed by atoms with Crippen LogP contribution in [0.15, 0.2) is 88.2 Å². The summed E-state index contributed by atoms with van der Waals surface area (Å²) in [6, 6.07) is 17.4. The number of alkyl halides is 3. The Morgan fingerprint density at radius 3 is 2.40 bits per heavy atom. The monoisotopic (exact) mass is 605 g/mol. The number of nitrogens with two attached hydrogens (primary N) is 1. The van der Waals surface area contributed by atoms with E-state index in [4.69, 9.17) is 5.73 Å². The minimum Gasteiger partial charge on any atom is -0.384 e. The first kappa shape index (κ1) is 30.4. The molecular formula is C34H31F4N3OS. The van der Waals surface area contributed by atoms with Crippen LogP contribution < -0.4 is 10.6 Å². The van der Waals surface area contributed by atoms with Crippen LogP contribution in [0.3, 0.4) is 0 Å². The van der Waals surface area contributed by atoms with Crippen LogP contribution in [0, 0.1) is 36.4 Å². The van der Waals surface area contributed by atoms with Crippen LogP contribution in [0.1, 0.15) is 60.4 Å². The molecule has 3 aromatic rings. The number of hydrogen-bond acceptors (Lipinski definition) is 5. The molecule has 0 saturated carbocycles. The molecule has 222 valence electrons. The molecule has 0 aromatic heterocycles. The van der Waals surface area contributed by atoms with Crippen molar-refractivity contribution in [2.24, 2.45) is 11.1 Å². The molecule has 0 amide bonds. The van der Waals surface area contributed by atoms with E-state index in [9.17, 15) is 27.6 Å². The Morgan fingerprint density at radius 2 is 1.74 bits per heavy atom. The van der Waals surface area contributed by atoms with Crippen molar-refractivity contribution in [3.63, 3.8) is 0 Å². The van der Waals surface area contributed by atoms with Crippen molar-refractivity contribution in [2.75, 3.05) is 4.90 Å². The number of carbonyl (C=O) groups excluding carboxylic acids is 1. The summed E-state index contributed by atoms with van der Waals surface area (Å²) < 4.78 is 56.0. The highest BCUT2D eigenvalue weighted by Crippen LogP contribution is 2.52. The number of anilines is 1. The molecule has 1 heterocycles. The van der Waals surface area contributed by atoms with Gasteiger partial charge in [0.1, 0.15) is 11.6 Å². The van der Waals surface area contributed by atoms with Gasteiger partial charge >= 0.3 is 6.18 Å². The van der Waals surface area contributed by atoms with Crippen molar-refractivity contribution in [2.45, 2.75) is 63.3 Å². The van der Waals surface area contributed by atoms with Gasteiger partial charge in [0, 0.05) is 28.3 Å². The van der Waals surface area contributed by atoms with Gasteiger partial charge in [-0.3, -0.25) is 9.69 Å². The summed E-state index contributed by atoms with van der Waals surface area (Å²) in [5.41, 5.74) is 9.20. The van der Waals surface area contributed by atoms with Gasteiger partial charge in [-0.25, -0.2) is 4.39 Å². The van der Waals surface area contributed by atoms with E-state index < -0.39 is 23.1 Å². The zero-order chi connectivity index (χ0) is 31.3. The number of nitrogens with zero attached hydrogens (tertiary/aromatic N) is 2. The van der Waals surface area contributed by atoms with Crippen LogP contribution in [0.5, 0.6) is 0 Å². The quantitative estimate of drug-likeness (QED) is 0.233. The van der Waals surface area contributed by atoms with Crippen molar-refractivity contribution in [3.05, 3.63) is 117 Å². The van der Waals surface area contributed by atoms with Crippen molar-refractivity contribution < 1.29 is 22.4 Å². The number of aryl methyl sites for hydroxylation is 1. The third-order valence-electron chi connectivity index (χ3n) is 8.05. The largest absolute Gasteiger partial charge is 0.418 e. The number of nitriles is 1. The highest BCUT2D eigenvalue weighted by Gasteiger charge is 2.47. The second-order valence-electron chi connectivity index (χ2n) is 11.9. The average Bonchev–Trinajstić information content (AvgIpc) is 2.92. The number of thioether (sulfide) groups is 1.